The van der Waals surface area contributed by atoms with Crippen LogP contribution in [0.3, 0.4) is 0 Å². The third-order valence-corrected chi connectivity index (χ3v) is 3.72. The summed E-state index contributed by atoms with van der Waals surface area (Å²) in [7, 11) is 0. The molecule has 0 aromatic carbocycles. The fraction of sp³-hybridized carbons (Fsp3) is 0.188. The first-order valence-corrected chi connectivity index (χ1v) is 7.51. The van der Waals surface area contributed by atoms with Crippen molar-refractivity contribution >= 4 is 5.65 Å². The van der Waals surface area contributed by atoms with Crippen molar-refractivity contribution in [1.29, 1.82) is 0 Å². The molecule has 0 atom stereocenters. The van der Waals surface area contributed by atoms with Gasteiger partial charge in [-0.3, -0.25) is 14.9 Å². The lowest BCUT2D eigenvalue weighted by Crippen LogP contribution is -2.17. The molecule has 4 heterocycles. The highest BCUT2D eigenvalue weighted by Gasteiger charge is 2.10. The van der Waals surface area contributed by atoms with Crippen molar-refractivity contribution in [2.24, 2.45) is 0 Å². The van der Waals surface area contributed by atoms with Crippen LogP contribution in [0.1, 0.15) is 17.3 Å². The van der Waals surface area contributed by atoms with Gasteiger partial charge in [0.1, 0.15) is 11.6 Å². The van der Waals surface area contributed by atoms with Crippen LogP contribution in [0.25, 0.3) is 17.0 Å². The standard InChI is InChI=1S/C16H15N7O/c1-10-18-11(2)22(20-10)9-12-7-16(24)23-15(19-12)8-14(21-23)13-5-3-4-6-17-13/h3-8,21H,9H2,1-2H3. The Morgan fingerprint density at radius 2 is 2.04 bits per heavy atom. The maximum atomic E-state index is 12.4. The number of nitrogens with zero attached hydrogens (tertiary/aromatic N) is 6. The van der Waals surface area contributed by atoms with Gasteiger partial charge >= 0.3 is 0 Å². The van der Waals surface area contributed by atoms with E-state index in [2.05, 4.69) is 25.1 Å². The molecule has 24 heavy (non-hydrogen) atoms. The van der Waals surface area contributed by atoms with Crippen molar-refractivity contribution < 1.29 is 0 Å². The van der Waals surface area contributed by atoms with Crippen molar-refractivity contribution in [2.45, 2.75) is 20.4 Å². The Hall–Kier alpha value is -3.29. The molecule has 4 rings (SSSR count). The third kappa shape index (κ3) is 2.47. The van der Waals surface area contributed by atoms with E-state index in [1.807, 2.05) is 38.1 Å². The van der Waals surface area contributed by atoms with Gasteiger partial charge in [-0.1, -0.05) is 6.07 Å². The minimum absolute atomic E-state index is 0.174. The predicted molar refractivity (Wildman–Crippen MR) is 87.6 cm³/mol. The molecule has 0 spiro atoms. The van der Waals surface area contributed by atoms with Gasteiger partial charge in [-0.2, -0.15) is 5.10 Å². The van der Waals surface area contributed by atoms with Crippen LogP contribution < -0.4 is 5.56 Å². The van der Waals surface area contributed by atoms with E-state index in [-0.39, 0.29) is 5.56 Å². The van der Waals surface area contributed by atoms with Crippen LogP contribution in [0.2, 0.25) is 0 Å². The first kappa shape index (κ1) is 14.3. The molecular formula is C16H15N7O. The Morgan fingerprint density at radius 3 is 2.75 bits per heavy atom. The minimum Gasteiger partial charge on any atom is -0.287 e. The van der Waals surface area contributed by atoms with Crippen molar-refractivity contribution in [3.05, 3.63) is 64.2 Å². The van der Waals surface area contributed by atoms with Crippen molar-refractivity contribution in [3.8, 4) is 11.4 Å². The Labute approximate surface area is 136 Å². The van der Waals surface area contributed by atoms with Crippen LogP contribution >= 0.6 is 0 Å². The number of hydrogen-bond acceptors (Lipinski definition) is 5. The summed E-state index contributed by atoms with van der Waals surface area (Å²) in [6.45, 7) is 4.11. The van der Waals surface area contributed by atoms with E-state index < -0.39 is 0 Å². The van der Waals surface area contributed by atoms with Crippen LogP contribution in [0.4, 0.5) is 0 Å². The van der Waals surface area contributed by atoms with Crippen LogP contribution in [0.15, 0.2) is 41.3 Å². The predicted octanol–water partition coefficient (Wildman–Crippen LogP) is 1.34. The molecule has 8 nitrogen and oxygen atoms in total. The molecule has 0 unspecified atom stereocenters. The fourth-order valence-corrected chi connectivity index (χ4v) is 2.64. The van der Waals surface area contributed by atoms with Gasteiger partial charge in [-0.15, -0.1) is 0 Å². The maximum Gasteiger partial charge on any atom is 0.272 e. The van der Waals surface area contributed by atoms with Gasteiger partial charge in [-0.05, 0) is 26.0 Å². The van der Waals surface area contributed by atoms with Crippen molar-refractivity contribution in [1.82, 2.24) is 34.3 Å². The lowest BCUT2D eigenvalue weighted by molar-refractivity contribution is 0.642. The average molecular weight is 321 g/mol. The smallest absolute Gasteiger partial charge is 0.272 e. The molecule has 0 fully saturated rings. The molecule has 120 valence electrons. The molecule has 0 aliphatic carbocycles. The highest BCUT2D eigenvalue weighted by atomic mass is 16.1. The zero-order chi connectivity index (χ0) is 16.7. The van der Waals surface area contributed by atoms with Crippen molar-refractivity contribution in [3.63, 3.8) is 0 Å². The largest absolute Gasteiger partial charge is 0.287 e. The number of hydrogen-bond donors (Lipinski definition) is 1. The lowest BCUT2D eigenvalue weighted by atomic mass is 10.3. The third-order valence-electron chi connectivity index (χ3n) is 3.72. The summed E-state index contributed by atoms with van der Waals surface area (Å²) >= 11 is 0. The highest BCUT2D eigenvalue weighted by molar-refractivity contribution is 5.60. The van der Waals surface area contributed by atoms with Gasteiger partial charge in [0.15, 0.2) is 5.65 Å². The second-order valence-electron chi connectivity index (χ2n) is 5.53. The van der Waals surface area contributed by atoms with Gasteiger partial charge in [-0.25, -0.2) is 19.2 Å². The van der Waals surface area contributed by atoms with E-state index in [0.29, 0.717) is 23.7 Å². The molecule has 8 heteroatoms. The summed E-state index contributed by atoms with van der Waals surface area (Å²) in [4.78, 5) is 25.4. The average Bonchev–Trinajstić information content (AvgIpc) is 3.12. The molecule has 0 radical (unpaired) electrons. The maximum absolute atomic E-state index is 12.4. The number of fused-ring (bicyclic) bond motifs is 1. The Balaban J connectivity index is 1.77. The summed E-state index contributed by atoms with van der Waals surface area (Å²) in [6, 6.07) is 8.93. The number of H-pyrrole nitrogens is 1. The molecule has 4 aromatic heterocycles. The van der Waals surface area contributed by atoms with Gasteiger partial charge in [0.05, 0.1) is 23.6 Å². The van der Waals surface area contributed by atoms with E-state index in [0.717, 1.165) is 17.2 Å². The Kier molecular flexibility index (Phi) is 3.23. The van der Waals surface area contributed by atoms with Crippen LogP contribution in [0.5, 0.6) is 0 Å². The summed E-state index contributed by atoms with van der Waals surface area (Å²) < 4.78 is 3.15. The second kappa shape index (κ2) is 5.41. The van der Waals surface area contributed by atoms with Gasteiger partial charge in [0.2, 0.25) is 0 Å². The molecule has 0 saturated heterocycles. The summed E-state index contributed by atoms with van der Waals surface area (Å²) in [5.41, 5.74) is 2.51. The Morgan fingerprint density at radius 1 is 1.17 bits per heavy atom. The van der Waals surface area contributed by atoms with Crippen LogP contribution in [-0.2, 0) is 6.54 Å². The van der Waals surface area contributed by atoms with Gasteiger partial charge < -0.3 is 0 Å². The molecule has 1 N–H and O–H groups in total. The highest BCUT2D eigenvalue weighted by Crippen LogP contribution is 2.15. The summed E-state index contributed by atoms with van der Waals surface area (Å²) in [5.74, 6) is 1.49. The summed E-state index contributed by atoms with van der Waals surface area (Å²) in [5, 5.41) is 7.34. The SMILES string of the molecule is Cc1nc(C)n(Cc2cc(=O)n3[nH]c(-c4ccccn4)cc3n2)n1. The minimum atomic E-state index is -0.174. The molecule has 0 aliphatic heterocycles. The number of rotatable bonds is 3. The number of aromatic amines is 1. The number of aryl methyl sites for hydroxylation is 2. The Bertz CT molecular complexity index is 1070. The second-order valence-corrected chi connectivity index (χ2v) is 5.53. The van der Waals surface area contributed by atoms with E-state index in [4.69, 9.17) is 0 Å². The van der Waals surface area contributed by atoms with E-state index in [1.54, 1.807) is 10.9 Å². The molecule has 0 amide bonds. The molecule has 0 bridgehead atoms. The first-order valence-electron chi connectivity index (χ1n) is 7.51. The lowest BCUT2D eigenvalue weighted by Gasteiger charge is -2.02. The van der Waals surface area contributed by atoms with E-state index in [9.17, 15) is 4.79 Å². The summed E-state index contributed by atoms with van der Waals surface area (Å²) in [6.07, 6.45) is 1.71. The first-order chi connectivity index (χ1) is 11.6. The molecule has 0 saturated carbocycles. The zero-order valence-corrected chi connectivity index (χ0v) is 13.3. The topological polar surface area (TPSA) is 93.8 Å². The molecular weight excluding hydrogens is 306 g/mol. The number of nitrogens with one attached hydrogen (secondary N) is 1. The number of pyridine rings is 1. The van der Waals surface area contributed by atoms with Gasteiger partial charge in [0, 0.05) is 18.3 Å². The van der Waals surface area contributed by atoms with E-state index >= 15 is 0 Å². The van der Waals surface area contributed by atoms with Crippen LogP contribution in [-0.4, -0.2) is 34.3 Å². The quantitative estimate of drug-likeness (QED) is 0.614. The molecule has 0 aliphatic rings. The van der Waals surface area contributed by atoms with Crippen molar-refractivity contribution in [2.75, 3.05) is 0 Å². The fourth-order valence-electron chi connectivity index (χ4n) is 2.64. The van der Waals surface area contributed by atoms with E-state index in [1.165, 1.54) is 10.6 Å². The monoisotopic (exact) mass is 321 g/mol. The van der Waals surface area contributed by atoms with Crippen LogP contribution in [0, 0.1) is 13.8 Å². The molecule has 4 aromatic rings. The normalized spacial score (nSPS) is 11.2. The number of aromatic nitrogens is 7. The van der Waals surface area contributed by atoms with Gasteiger partial charge in [0.25, 0.3) is 5.56 Å². The zero-order valence-electron chi connectivity index (χ0n) is 13.3.